The fraction of sp³-hybridized carbons (Fsp3) is 0.939. The van der Waals surface area contributed by atoms with Crippen molar-refractivity contribution in [2.45, 2.75) is 240 Å². The van der Waals surface area contributed by atoms with Gasteiger partial charge in [-0.3, -0.25) is 4.79 Å². The van der Waals surface area contributed by atoms with E-state index < -0.39 is 0 Å². The number of unbranched alkanes of at least 4 members (excludes halogenated alkanes) is 15. The van der Waals surface area contributed by atoms with Gasteiger partial charge in [0.1, 0.15) is 6.10 Å². The monoisotopic (exact) mass is 709 g/mol. The maximum atomic E-state index is 12.9. The van der Waals surface area contributed by atoms with Crippen molar-refractivity contribution in [3.8, 4) is 0 Å². The van der Waals surface area contributed by atoms with Crippen LogP contribution >= 0.6 is 0 Å². The number of carbonyl (C=O) groups excluding carboxylic acids is 1. The summed E-state index contributed by atoms with van der Waals surface area (Å²) in [7, 11) is 0. The minimum absolute atomic E-state index is 0.0891. The Balaban J connectivity index is 1.03. The molecule has 51 heavy (non-hydrogen) atoms. The van der Waals surface area contributed by atoms with E-state index in [0.717, 1.165) is 60.7 Å². The Morgan fingerprint density at radius 1 is 0.647 bits per heavy atom. The SMILES string of the molecule is CCCCCCCCC=CCCCCCCCCCCCC(=O)OC1CC[C@@]2(C)C(CCC3C2CC[C@@]2(C)C3CC[C@@H]2[C@H](C)CCCC(C)C)C1. The third kappa shape index (κ3) is 12.9. The first-order chi connectivity index (χ1) is 24.7. The molecule has 9 atom stereocenters. The van der Waals surface area contributed by atoms with Crippen molar-refractivity contribution in [1.29, 1.82) is 0 Å². The van der Waals surface area contributed by atoms with E-state index in [2.05, 4.69) is 53.7 Å². The summed E-state index contributed by atoms with van der Waals surface area (Å²) in [5.41, 5.74) is 1.05. The lowest BCUT2D eigenvalue weighted by atomic mass is 9.44. The van der Waals surface area contributed by atoms with Crippen molar-refractivity contribution < 1.29 is 9.53 Å². The van der Waals surface area contributed by atoms with E-state index in [1.807, 2.05) is 0 Å². The summed E-state index contributed by atoms with van der Waals surface area (Å²) < 4.78 is 6.19. The standard InChI is InChI=1S/C49H88O2/c1-7-8-9-10-11-12-13-14-15-16-17-18-19-20-21-22-23-24-25-29-47(50)51-42-34-36-48(5)41(38-42)30-31-43-45-33-32-44(40(4)28-26-27-39(2)3)49(45,6)37-35-46(43)48/h14-15,39-46H,7-13,16-38H2,1-6H3/t40-,41?,42?,43?,44-,45?,46?,48+,49-/m1/s1. The van der Waals surface area contributed by atoms with Gasteiger partial charge in [-0.25, -0.2) is 0 Å². The van der Waals surface area contributed by atoms with Crippen LogP contribution < -0.4 is 0 Å². The molecule has 0 radical (unpaired) electrons. The first-order valence-corrected chi connectivity index (χ1v) is 23.5. The number of fused-ring (bicyclic) bond motifs is 5. The Morgan fingerprint density at radius 3 is 1.88 bits per heavy atom. The maximum Gasteiger partial charge on any atom is 0.306 e. The summed E-state index contributed by atoms with van der Waals surface area (Å²) in [5.74, 6) is 6.34. The van der Waals surface area contributed by atoms with E-state index in [1.165, 1.54) is 167 Å². The predicted molar refractivity (Wildman–Crippen MR) is 221 cm³/mol. The summed E-state index contributed by atoms with van der Waals surface area (Å²) >= 11 is 0. The zero-order valence-corrected chi connectivity index (χ0v) is 35.3. The van der Waals surface area contributed by atoms with Crippen LogP contribution in [0.1, 0.15) is 234 Å². The smallest absolute Gasteiger partial charge is 0.306 e. The van der Waals surface area contributed by atoms with E-state index in [9.17, 15) is 4.79 Å². The summed E-state index contributed by atoms with van der Waals surface area (Å²) in [6.07, 6.45) is 44.8. The summed E-state index contributed by atoms with van der Waals surface area (Å²) in [6.45, 7) is 15.1. The van der Waals surface area contributed by atoms with Gasteiger partial charge in [-0.2, -0.15) is 0 Å². The molecule has 0 spiro atoms. The largest absolute Gasteiger partial charge is 0.462 e. The molecule has 5 unspecified atom stereocenters. The van der Waals surface area contributed by atoms with Crippen LogP contribution in [0.3, 0.4) is 0 Å². The average Bonchev–Trinajstić information content (AvgIpc) is 3.46. The maximum absolute atomic E-state index is 12.9. The molecule has 2 nitrogen and oxygen atoms in total. The summed E-state index contributed by atoms with van der Waals surface area (Å²) in [6, 6.07) is 0. The highest BCUT2D eigenvalue weighted by Gasteiger charge is 2.60. The van der Waals surface area contributed by atoms with Crippen LogP contribution in [-0.4, -0.2) is 12.1 Å². The quantitative estimate of drug-likeness (QED) is 0.0536. The van der Waals surface area contributed by atoms with Crippen LogP contribution in [-0.2, 0) is 9.53 Å². The minimum atomic E-state index is 0.0891. The molecule has 0 aromatic heterocycles. The molecule has 4 aliphatic carbocycles. The number of ether oxygens (including phenoxy) is 1. The average molecular weight is 709 g/mol. The molecule has 0 amide bonds. The van der Waals surface area contributed by atoms with Crippen LogP contribution in [0.2, 0.25) is 0 Å². The van der Waals surface area contributed by atoms with Crippen molar-refractivity contribution in [2.75, 3.05) is 0 Å². The fourth-order valence-corrected chi connectivity index (χ4v) is 12.6. The summed E-state index contributed by atoms with van der Waals surface area (Å²) in [4.78, 5) is 12.9. The normalized spacial score (nSPS) is 32.5. The Kier molecular flexibility index (Phi) is 19.0. The lowest BCUT2D eigenvalue weighted by Gasteiger charge is -2.61. The van der Waals surface area contributed by atoms with Crippen LogP contribution in [0.25, 0.3) is 0 Å². The number of hydrogen-bond donors (Lipinski definition) is 0. The fourth-order valence-electron chi connectivity index (χ4n) is 12.6. The van der Waals surface area contributed by atoms with Crippen molar-refractivity contribution in [3.63, 3.8) is 0 Å². The van der Waals surface area contributed by atoms with Gasteiger partial charge in [-0.1, -0.05) is 150 Å². The molecule has 4 saturated carbocycles. The van der Waals surface area contributed by atoms with Crippen LogP contribution in [0.4, 0.5) is 0 Å². The Morgan fingerprint density at radius 2 is 1.24 bits per heavy atom. The van der Waals surface area contributed by atoms with E-state index in [-0.39, 0.29) is 12.1 Å². The van der Waals surface area contributed by atoms with Gasteiger partial charge >= 0.3 is 5.97 Å². The molecule has 0 N–H and O–H groups in total. The number of esters is 1. The Labute approximate surface area is 319 Å². The van der Waals surface area contributed by atoms with Crippen LogP contribution in [0.15, 0.2) is 12.2 Å². The van der Waals surface area contributed by atoms with Gasteiger partial charge in [0.25, 0.3) is 0 Å². The van der Waals surface area contributed by atoms with Crippen molar-refractivity contribution >= 4 is 5.97 Å². The van der Waals surface area contributed by atoms with Crippen molar-refractivity contribution in [2.24, 2.45) is 52.3 Å². The highest BCUT2D eigenvalue weighted by atomic mass is 16.5. The molecular weight excluding hydrogens is 621 g/mol. The Bertz CT molecular complexity index is 983. The zero-order valence-electron chi connectivity index (χ0n) is 35.3. The van der Waals surface area contributed by atoms with E-state index >= 15 is 0 Å². The highest BCUT2D eigenvalue weighted by molar-refractivity contribution is 5.69. The van der Waals surface area contributed by atoms with Crippen molar-refractivity contribution in [3.05, 3.63) is 12.2 Å². The van der Waals surface area contributed by atoms with Gasteiger partial charge in [0.05, 0.1) is 0 Å². The van der Waals surface area contributed by atoms with E-state index in [1.54, 1.807) is 0 Å². The van der Waals surface area contributed by atoms with Gasteiger partial charge in [0.2, 0.25) is 0 Å². The molecule has 0 aliphatic heterocycles. The van der Waals surface area contributed by atoms with Crippen LogP contribution in [0, 0.1) is 52.3 Å². The molecule has 296 valence electrons. The molecule has 2 heteroatoms. The molecule has 0 heterocycles. The lowest BCUT2D eigenvalue weighted by Crippen LogP contribution is -2.54. The van der Waals surface area contributed by atoms with Gasteiger partial charge in [-0.15, -0.1) is 0 Å². The topological polar surface area (TPSA) is 26.3 Å². The molecule has 4 aliphatic rings. The van der Waals surface area contributed by atoms with Gasteiger partial charge in [0, 0.05) is 6.42 Å². The second-order valence-electron chi connectivity index (χ2n) is 19.8. The molecule has 0 bridgehead atoms. The molecule has 0 aromatic carbocycles. The number of hydrogen-bond acceptors (Lipinski definition) is 2. The van der Waals surface area contributed by atoms with Gasteiger partial charge < -0.3 is 4.74 Å². The first-order valence-electron chi connectivity index (χ1n) is 23.5. The highest BCUT2D eigenvalue weighted by Crippen LogP contribution is 2.68. The van der Waals surface area contributed by atoms with Gasteiger partial charge in [-0.05, 0) is 142 Å². The molecular formula is C49H88O2. The third-order valence-electron chi connectivity index (χ3n) is 15.8. The van der Waals surface area contributed by atoms with Crippen molar-refractivity contribution in [1.82, 2.24) is 0 Å². The second-order valence-corrected chi connectivity index (χ2v) is 19.8. The predicted octanol–water partition coefficient (Wildman–Crippen LogP) is 15.6. The lowest BCUT2D eigenvalue weighted by molar-refractivity contribution is -0.162. The number of allylic oxidation sites excluding steroid dienone is 2. The minimum Gasteiger partial charge on any atom is -0.462 e. The number of carbonyl (C=O) groups is 1. The molecule has 0 aromatic rings. The molecule has 4 fully saturated rings. The first kappa shape index (κ1) is 42.9. The molecule has 4 rings (SSSR count). The van der Waals surface area contributed by atoms with Gasteiger partial charge in [0.15, 0.2) is 0 Å². The Hall–Kier alpha value is -0.790. The second kappa shape index (κ2) is 22.6. The third-order valence-corrected chi connectivity index (χ3v) is 15.8. The van der Waals surface area contributed by atoms with E-state index in [0.29, 0.717) is 17.3 Å². The molecule has 0 saturated heterocycles. The number of rotatable bonds is 25. The van der Waals surface area contributed by atoms with Crippen LogP contribution in [0.5, 0.6) is 0 Å². The zero-order chi connectivity index (χ0) is 36.5. The summed E-state index contributed by atoms with van der Waals surface area (Å²) in [5, 5.41) is 0. The van der Waals surface area contributed by atoms with E-state index in [4.69, 9.17) is 4.74 Å².